The zero-order chi connectivity index (χ0) is 23.5. The van der Waals surface area contributed by atoms with Crippen molar-refractivity contribution in [3.05, 3.63) is 70.0 Å². The predicted octanol–water partition coefficient (Wildman–Crippen LogP) is 4.01. The number of H-pyrrole nitrogens is 1. The van der Waals surface area contributed by atoms with Crippen LogP contribution in [0.2, 0.25) is 0 Å². The van der Waals surface area contributed by atoms with Crippen LogP contribution in [0.4, 0.5) is 5.69 Å². The Balaban J connectivity index is 1.97. The summed E-state index contributed by atoms with van der Waals surface area (Å²) in [5.41, 5.74) is 1.55. The van der Waals surface area contributed by atoms with Crippen LogP contribution in [0.25, 0.3) is 10.9 Å². The van der Waals surface area contributed by atoms with Gasteiger partial charge in [0.2, 0.25) is 5.43 Å². The van der Waals surface area contributed by atoms with E-state index in [2.05, 4.69) is 24.1 Å². The number of anilines is 1. The molecule has 0 saturated heterocycles. The van der Waals surface area contributed by atoms with Gasteiger partial charge in [0.15, 0.2) is 0 Å². The van der Waals surface area contributed by atoms with Crippen LogP contribution in [0.3, 0.4) is 0 Å². The van der Waals surface area contributed by atoms with Crippen LogP contribution >= 0.6 is 0 Å². The Morgan fingerprint density at radius 2 is 1.81 bits per heavy atom. The van der Waals surface area contributed by atoms with E-state index in [0.717, 1.165) is 18.4 Å². The molecule has 1 amide bonds. The number of nitrogens with one attached hydrogen (secondary N) is 2. The van der Waals surface area contributed by atoms with Crippen molar-refractivity contribution in [1.29, 1.82) is 0 Å². The normalized spacial score (nSPS) is 11.7. The third kappa shape index (κ3) is 4.70. The number of rotatable bonds is 8. The van der Waals surface area contributed by atoms with Crippen molar-refractivity contribution in [2.45, 2.75) is 44.4 Å². The summed E-state index contributed by atoms with van der Waals surface area (Å²) in [6.45, 7) is 6.62. The molecule has 0 atom stereocenters. The maximum Gasteiger partial charge on any atom is 0.264 e. The van der Waals surface area contributed by atoms with E-state index < -0.39 is 21.4 Å². The molecule has 2 aromatic carbocycles. The molecule has 2 N–H and O–H groups in total. The van der Waals surface area contributed by atoms with E-state index >= 15 is 0 Å². The molecule has 0 fully saturated rings. The van der Waals surface area contributed by atoms with E-state index in [1.54, 1.807) is 12.1 Å². The molecule has 0 bridgehead atoms. The standard InChI is InChI=1S/C24H29N3O4S/c1-5-6-13-25-24(29)21-15-26-22-12-11-19(14-20(22)23(21)28)32(30,31)27(4)18-9-7-17(8-10-18)16(2)3/h7-12,14-16H,5-6,13H2,1-4H3,(H,25,29)(H,26,28). The van der Waals surface area contributed by atoms with Gasteiger partial charge in [-0.3, -0.25) is 13.9 Å². The van der Waals surface area contributed by atoms with E-state index in [1.807, 2.05) is 19.1 Å². The number of fused-ring (bicyclic) bond motifs is 1. The molecule has 1 heterocycles. The molecular formula is C24H29N3O4S. The quantitative estimate of drug-likeness (QED) is 0.501. The van der Waals surface area contributed by atoms with Gasteiger partial charge in [0, 0.05) is 30.7 Å². The van der Waals surface area contributed by atoms with E-state index in [1.165, 1.54) is 35.7 Å². The summed E-state index contributed by atoms with van der Waals surface area (Å²) in [5, 5.41) is 2.87. The lowest BCUT2D eigenvalue weighted by Crippen LogP contribution is -2.30. The second-order valence-electron chi connectivity index (χ2n) is 8.07. The number of unbranched alkanes of at least 4 members (excludes halogenated alkanes) is 1. The van der Waals surface area contributed by atoms with Crippen LogP contribution in [-0.2, 0) is 10.0 Å². The largest absolute Gasteiger partial charge is 0.360 e. The maximum absolute atomic E-state index is 13.2. The van der Waals surface area contributed by atoms with Gasteiger partial charge in [0.25, 0.3) is 15.9 Å². The highest BCUT2D eigenvalue weighted by molar-refractivity contribution is 7.92. The number of hydrogen-bond acceptors (Lipinski definition) is 4. The lowest BCUT2D eigenvalue weighted by atomic mass is 10.0. The van der Waals surface area contributed by atoms with Gasteiger partial charge < -0.3 is 10.3 Å². The van der Waals surface area contributed by atoms with Gasteiger partial charge in [-0.2, -0.15) is 0 Å². The van der Waals surface area contributed by atoms with Gasteiger partial charge >= 0.3 is 0 Å². The summed E-state index contributed by atoms with van der Waals surface area (Å²) >= 11 is 0. The molecule has 3 aromatic rings. The fourth-order valence-corrected chi connectivity index (χ4v) is 4.59. The minimum absolute atomic E-state index is 0.0190. The topological polar surface area (TPSA) is 99.3 Å². The number of carbonyl (C=O) groups is 1. The van der Waals surface area contributed by atoms with E-state index in [0.29, 0.717) is 23.7 Å². The van der Waals surface area contributed by atoms with Crippen LogP contribution in [0, 0.1) is 0 Å². The van der Waals surface area contributed by atoms with Crippen LogP contribution < -0.4 is 15.1 Å². The van der Waals surface area contributed by atoms with Crippen LogP contribution in [-0.4, -0.2) is 32.9 Å². The third-order valence-corrected chi connectivity index (χ3v) is 7.28. The van der Waals surface area contributed by atoms with Gasteiger partial charge in [0.05, 0.1) is 10.6 Å². The first kappa shape index (κ1) is 23.5. The van der Waals surface area contributed by atoms with Crippen molar-refractivity contribution in [3.63, 3.8) is 0 Å². The molecule has 0 aliphatic heterocycles. The van der Waals surface area contributed by atoms with Gasteiger partial charge in [-0.05, 0) is 48.2 Å². The number of sulfonamides is 1. The Labute approximate surface area is 188 Å². The summed E-state index contributed by atoms with van der Waals surface area (Å²) in [6, 6.07) is 11.6. The van der Waals surface area contributed by atoms with E-state index in [-0.39, 0.29) is 15.8 Å². The van der Waals surface area contributed by atoms with Gasteiger partial charge in [0.1, 0.15) is 5.56 Å². The van der Waals surface area contributed by atoms with Gasteiger partial charge in [-0.15, -0.1) is 0 Å². The van der Waals surface area contributed by atoms with Crippen molar-refractivity contribution in [1.82, 2.24) is 10.3 Å². The number of amides is 1. The lowest BCUT2D eigenvalue weighted by Gasteiger charge is -2.20. The highest BCUT2D eigenvalue weighted by atomic mass is 32.2. The second-order valence-corrected chi connectivity index (χ2v) is 10.0. The monoisotopic (exact) mass is 455 g/mol. The Hall–Kier alpha value is -3.13. The summed E-state index contributed by atoms with van der Waals surface area (Å²) < 4.78 is 27.7. The molecule has 32 heavy (non-hydrogen) atoms. The molecule has 0 aliphatic carbocycles. The number of hydrogen-bond donors (Lipinski definition) is 2. The van der Waals surface area contributed by atoms with Crippen molar-refractivity contribution in [3.8, 4) is 0 Å². The highest BCUT2D eigenvalue weighted by Gasteiger charge is 2.23. The molecule has 170 valence electrons. The molecule has 1 aromatic heterocycles. The van der Waals surface area contributed by atoms with Crippen LogP contribution in [0.1, 0.15) is 55.5 Å². The number of aromatic amines is 1. The number of benzene rings is 2. The average Bonchev–Trinajstić information content (AvgIpc) is 2.78. The van der Waals surface area contributed by atoms with Crippen molar-refractivity contribution in [2.24, 2.45) is 0 Å². The Morgan fingerprint density at radius 1 is 1.12 bits per heavy atom. The number of pyridine rings is 1. The number of aromatic nitrogens is 1. The minimum Gasteiger partial charge on any atom is -0.360 e. The fraction of sp³-hybridized carbons (Fsp3) is 0.333. The third-order valence-electron chi connectivity index (χ3n) is 5.49. The van der Waals surface area contributed by atoms with E-state index in [9.17, 15) is 18.0 Å². The zero-order valence-corrected chi connectivity index (χ0v) is 19.6. The first-order chi connectivity index (χ1) is 15.2. The van der Waals surface area contributed by atoms with Gasteiger partial charge in [-0.1, -0.05) is 39.3 Å². The Morgan fingerprint density at radius 3 is 2.44 bits per heavy atom. The summed E-state index contributed by atoms with van der Waals surface area (Å²) in [7, 11) is -2.43. The smallest absolute Gasteiger partial charge is 0.264 e. The maximum atomic E-state index is 13.2. The SMILES string of the molecule is CCCCNC(=O)c1c[nH]c2ccc(S(=O)(=O)N(C)c3ccc(C(C)C)cc3)cc2c1=O. The Kier molecular flexibility index (Phi) is 7.03. The first-order valence-electron chi connectivity index (χ1n) is 10.7. The summed E-state index contributed by atoms with van der Waals surface area (Å²) in [5.74, 6) is -0.135. The van der Waals surface area contributed by atoms with Gasteiger partial charge in [-0.25, -0.2) is 8.42 Å². The van der Waals surface area contributed by atoms with Crippen LogP contribution in [0.5, 0.6) is 0 Å². The molecule has 0 radical (unpaired) electrons. The molecule has 0 aliphatic rings. The van der Waals surface area contributed by atoms with Crippen molar-refractivity contribution < 1.29 is 13.2 Å². The Bertz CT molecular complexity index is 1280. The molecule has 0 unspecified atom stereocenters. The van der Waals surface area contributed by atoms with E-state index in [4.69, 9.17) is 0 Å². The molecular weight excluding hydrogens is 426 g/mol. The van der Waals surface area contributed by atoms with Crippen molar-refractivity contribution >= 4 is 32.5 Å². The number of carbonyl (C=O) groups excluding carboxylic acids is 1. The van der Waals surface area contributed by atoms with Crippen molar-refractivity contribution in [2.75, 3.05) is 17.9 Å². The van der Waals surface area contributed by atoms with Crippen LogP contribution in [0.15, 0.2) is 58.4 Å². The molecule has 3 rings (SSSR count). The summed E-state index contributed by atoms with van der Waals surface area (Å²) in [4.78, 5) is 28.2. The molecule has 8 heteroatoms. The average molecular weight is 456 g/mol. The number of nitrogens with zero attached hydrogens (tertiary/aromatic N) is 1. The molecule has 0 spiro atoms. The predicted molar refractivity (Wildman–Crippen MR) is 128 cm³/mol. The fourth-order valence-electron chi connectivity index (χ4n) is 3.37. The lowest BCUT2D eigenvalue weighted by molar-refractivity contribution is 0.0952. The minimum atomic E-state index is -3.90. The molecule has 7 nitrogen and oxygen atoms in total. The second kappa shape index (κ2) is 9.56. The first-order valence-corrected chi connectivity index (χ1v) is 12.1. The summed E-state index contributed by atoms with van der Waals surface area (Å²) in [6.07, 6.45) is 3.09. The highest BCUT2D eigenvalue weighted by Crippen LogP contribution is 2.25. The zero-order valence-electron chi connectivity index (χ0n) is 18.8. The molecule has 0 saturated carbocycles.